The molecule has 0 spiro atoms. The molecule has 2 aromatic carbocycles. The molecule has 0 aromatic heterocycles. The molecule has 5 heteroatoms. The smallest absolute Gasteiger partial charge is 0.251 e. The summed E-state index contributed by atoms with van der Waals surface area (Å²) in [6, 6.07) is 15.4. The van der Waals surface area contributed by atoms with E-state index < -0.39 is 0 Å². The number of carbonyl (C=O) groups excluding carboxylic acids is 2. The average molecular weight is 387 g/mol. The van der Waals surface area contributed by atoms with Gasteiger partial charge in [0.25, 0.3) is 5.91 Å². The van der Waals surface area contributed by atoms with Gasteiger partial charge in [-0.2, -0.15) is 0 Å². The molecule has 124 valence electrons. The van der Waals surface area contributed by atoms with Gasteiger partial charge in [-0.25, -0.2) is 0 Å². The lowest BCUT2D eigenvalue weighted by atomic mass is 10.00. The molecule has 4 nitrogen and oxygen atoms in total. The van der Waals surface area contributed by atoms with Crippen molar-refractivity contribution in [2.75, 3.05) is 13.1 Å². The Balaban J connectivity index is 1.48. The number of fused-ring (bicyclic) bond motifs is 1. The van der Waals surface area contributed by atoms with E-state index in [9.17, 15) is 9.59 Å². The van der Waals surface area contributed by atoms with Gasteiger partial charge in [0.2, 0.25) is 5.91 Å². The van der Waals surface area contributed by atoms with Crippen LogP contribution in [0.1, 0.15) is 27.9 Å². The molecule has 0 aliphatic carbocycles. The van der Waals surface area contributed by atoms with Crippen molar-refractivity contribution in [2.24, 2.45) is 0 Å². The van der Waals surface area contributed by atoms with Gasteiger partial charge in [-0.3, -0.25) is 9.59 Å². The van der Waals surface area contributed by atoms with Crippen molar-refractivity contribution in [1.82, 2.24) is 10.2 Å². The Hall–Kier alpha value is -2.14. The molecular formula is C19H19BrN2O2. The summed E-state index contributed by atoms with van der Waals surface area (Å²) < 4.78 is 0.930. The Labute approximate surface area is 150 Å². The van der Waals surface area contributed by atoms with Crippen molar-refractivity contribution in [3.8, 4) is 0 Å². The monoisotopic (exact) mass is 386 g/mol. The molecule has 3 rings (SSSR count). The molecule has 1 aliphatic heterocycles. The quantitative estimate of drug-likeness (QED) is 0.876. The van der Waals surface area contributed by atoms with E-state index >= 15 is 0 Å². The van der Waals surface area contributed by atoms with Crippen molar-refractivity contribution in [2.45, 2.75) is 19.4 Å². The fourth-order valence-electron chi connectivity index (χ4n) is 2.85. The maximum absolute atomic E-state index is 12.3. The van der Waals surface area contributed by atoms with E-state index in [0.717, 1.165) is 17.4 Å². The van der Waals surface area contributed by atoms with E-state index in [1.807, 2.05) is 29.2 Å². The van der Waals surface area contributed by atoms with Gasteiger partial charge in [0, 0.05) is 36.1 Å². The predicted molar refractivity (Wildman–Crippen MR) is 96.7 cm³/mol. The summed E-state index contributed by atoms with van der Waals surface area (Å²) in [4.78, 5) is 26.2. The molecule has 0 atom stereocenters. The Kier molecular flexibility index (Phi) is 5.30. The zero-order chi connectivity index (χ0) is 16.9. The molecule has 24 heavy (non-hydrogen) atoms. The summed E-state index contributed by atoms with van der Waals surface area (Å²) in [5.74, 6) is -0.0695. The Morgan fingerprint density at radius 3 is 2.50 bits per heavy atom. The third-order valence-electron chi connectivity index (χ3n) is 4.21. The Morgan fingerprint density at radius 1 is 1.04 bits per heavy atom. The van der Waals surface area contributed by atoms with Gasteiger partial charge < -0.3 is 10.2 Å². The van der Waals surface area contributed by atoms with E-state index in [1.165, 1.54) is 11.1 Å². The highest BCUT2D eigenvalue weighted by molar-refractivity contribution is 9.10. The van der Waals surface area contributed by atoms with Crippen LogP contribution in [0.4, 0.5) is 0 Å². The lowest BCUT2D eigenvalue weighted by molar-refractivity contribution is -0.131. The molecule has 0 unspecified atom stereocenters. The number of amides is 2. The van der Waals surface area contributed by atoms with Crippen LogP contribution in [0.2, 0.25) is 0 Å². The Bertz CT molecular complexity index is 743. The van der Waals surface area contributed by atoms with Crippen LogP contribution in [-0.4, -0.2) is 29.8 Å². The van der Waals surface area contributed by atoms with Crippen LogP contribution in [0.25, 0.3) is 0 Å². The Morgan fingerprint density at radius 2 is 1.75 bits per heavy atom. The third-order valence-corrected chi connectivity index (χ3v) is 4.74. The van der Waals surface area contributed by atoms with Crippen LogP contribution in [0.5, 0.6) is 0 Å². The van der Waals surface area contributed by atoms with E-state index in [0.29, 0.717) is 25.1 Å². The van der Waals surface area contributed by atoms with Crippen LogP contribution in [-0.2, 0) is 17.8 Å². The van der Waals surface area contributed by atoms with Crippen molar-refractivity contribution >= 4 is 27.7 Å². The first-order valence-electron chi connectivity index (χ1n) is 8.02. The molecule has 0 bridgehead atoms. The summed E-state index contributed by atoms with van der Waals surface area (Å²) in [5, 5.41) is 2.81. The number of nitrogens with zero attached hydrogens (tertiary/aromatic N) is 1. The second-order valence-corrected chi connectivity index (χ2v) is 6.76. The van der Waals surface area contributed by atoms with E-state index in [-0.39, 0.29) is 11.8 Å². The van der Waals surface area contributed by atoms with Gasteiger partial charge in [-0.05, 0) is 41.8 Å². The van der Waals surface area contributed by atoms with Crippen molar-refractivity contribution in [1.29, 1.82) is 0 Å². The average Bonchev–Trinajstić information content (AvgIpc) is 2.61. The molecule has 1 aliphatic rings. The molecule has 0 saturated carbocycles. The van der Waals surface area contributed by atoms with Crippen LogP contribution in [0, 0.1) is 0 Å². The van der Waals surface area contributed by atoms with Gasteiger partial charge in [0.1, 0.15) is 0 Å². The van der Waals surface area contributed by atoms with Crippen LogP contribution in [0.15, 0.2) is 53.0 Å². The number of hydrogen-bond acceptors (Lipinski definition) is 2. The zero-order valence-corrected chi connectivity index (χ0v) is 14.9. The highest BCUT2D eigenvalue weighted by atomic mass is 79.9. The fraction of sp³-hybridized carbons (Fsp3) is 0.263. The molecular weight excluding hydrogens is 368 g/mol. The standard InChI is InChI=1S/C19H19BrN2O2/c20-17-7-5-15(6-8-17)19(24)21-11-9-18(23)22-12-10-14-3-1-2-4-16(14)13-22/h1-8H,9-13H2,(H,21,24). The first kappa shape index (κ1) is 16.7. The third kappa shape index (κ3) is 4.03. The first-order valence-corrected chi connectivity index (χ1v) is 8.81. The highest BCUT2D eigenvalue weighted by Gasteiger charge is 2.20. The first-order chi connectivity index (χ1) is 11.6. The lowest BCUT2D eigenvalue weighted by Gasteiger charge is -2.29. The van der Waals surface area contributed by atoms with E-state index in [4.69, 9.17) is 0 Å². The molecule has 0 fully saturated rings. The molecule has 2 amide bonds. The number of benzene rings is 2. The van der Waals surface area contributed by atoms with Crippen molar-refractivity contribution in [3.63, 3.8) is 0 Å². The second-order valence-electron chi connectivity index (χ2n) is 5.85. The zero-order valence-electron chi connectivity index (χ0n) is 13.3. The predicted octanol–water partition coefficient (Wildman–Crippen LogP) is 3.15. The van der Waals surface area contributed by atoms with Crippen LogP contribution in [0.3, 0.4) is 0 Å². The highest BCUT2D eigenvalue weighted by Crippen LogP contribution is 2.18. The summed E-state index contributed by atoms with van der Waals surface area (Å²) in [6.07, 6.45) is 1.22. The van der Waals surface area contributed by atoms with Crippen LogP contribution < -0.4 is 5.32 Å². The molecule has 0 saturated heterocycles. The topological polar surface area (TPSA) is 49.4 Å². The number of carbonyl (C=O) groups is 2. The maximum atomic E-state index is 12.3. The number of nitrogens with one attached hydrogen (secondary N) is 1. The largest absolute Gasteiger partial charge is 0.352 e. The van der Waals surface area contributed by atoms with Gasteiger partial charge in [0.15, 0.2) is 0 Å². The minimum Gasteiger partial charge on any atom is -0.352 e. The minimum absolute atomic E-state index is 0.0839. The molecule has 2 aromatic rings. The van der Waals surface area contributed by atoms with Crippen molar-refractivity contribution < 1.29 is 9.59 Å². The van der Waals surface area contributed by atoms with Gasteiger partial charge >= 0.3 is 0 Å². The number of rotatable bonds is 4. The fourth-order valence-corrected chi connectivity index (χ4v) is 3.12. The van der Waals surface area contributed by atoms with E-state index in [2.05, 4.69) is 33.4 Å². The summed E-state index contributed by atoms with van der Waals surface area (Å²) in [7, 11) is 0. The maximum Gasteiger partial charge on any atom is 0.251 e. The normalized spacial score (nSPS) is 13.3. The molecule has 1 N–H and O–H groups in total. The lowest BCUT2D eigenvalue weighted by Crippen LogP contribution is -2.38. The van der Waals surface area contributed by atoms with Gasteiger partial charge in [0.05, 0.1) is 0 Å². The number of halogens is 1. The van der Waals surface area contributed by atoms with E-state index in [1.54, 1.807) is 12.1 Å². The second kappa shape index (κ2) is 7.62. The van der Waals surface area contributed by atoms with Gasteiger partial charge in [-0.15, -0.1) is 0 Å². The summed E-state index contributed by atoms with van der Waals surface area (Å²) in [6.45, 7) is 1.76. The minimum atomic E-state index is -0.153. The molecule has 1 heterocycles. The summed E-state index contributed by atoms with van der Waals surface area (Å²) >= 11 is 3.34. The molecule has 0 radical (unpaired) electrons. The SMILES string of the molecule is O=C(NCCC(=O)N1CCc2ccccc2C1)c1ccc(Br)cc1. The van der Waals surface area contributed by atoms with Gasteiger partial charge in [-0.1, -0.05) is 40.2 Å². The summed E-state index contributed by atoms with van der Waals surface area (Å²) in [5.41, 5.74) is 3.14. The van der Waals surface area contributed by atoms with Crippen molar-refractivity contribution in [3.05, 3.63) is 69.7 Å². The van der Waals surface area contributed by atoms with Crippen LogP contribution >= 0.6 is 15.9 Å². The number of hydrogen-bond donors (Lipinski definition) is 1.